The second kappa shape index (κ2) is 4.88. The first-order chi connectivity index (χ1) is 9.25. The van der Waals surface area contributed by atoms with Crippen molar-refractivity contribution in [2.45, 2.75) is 0 Å². The molecule has 6 heteroatoms. The summed E-state index contributed by atoms with van der Waals surface area (Å²) in [5.74, 6) is 0. The highest BCUT2D eigenvalue weighted by Crippen LogP contribution is 2.20. The first kappa shape index (κ1) is 12.5. The van der Waals surface area contributed by atoms with Gasteiger partial charge in [-0.05, 0) is 6.07 Å². The first-order valence-corrected chi connectivity index (χ1v) is 6.48. The molecule has 0 amide bonds. The molecule has 0 N–H and O–H groups in total. The third kappa shape index (κ3) is 2.23. The maximum Gasteiger partial charge on any atom is 0.283 e. The second-order valence-corrected chi connectivity index (χ2v) is 5.08. The minimum atomic E-state index is -1.59. The highest BCUT2D eigenvalue weighted by molar-refractivity contribution is 6.81. The lowest BCUT2D eigenvalue weighted by Gasteiger charge is -2.53. The van der Waals surface area contributed by atoms with Crippen LogP contribution in [0, 0.1) is 0 Å². The molecule has 0 aromatic heterocycles. The Morgan fingerprint density at radius 3 is 2.11 bits per heavy atom. The van der Waals surface area contributed by atoms with E-state index >= 15 is 0 Å². The summed E-state index contributed by atoms with van der Waals surface area (Å²) in [7, 11) is 0. The van der Waals surface area contributed by atoms with Crippen molar-refractivity contribution < 1.29 is 18.9 Å². The van der Waals surface area contributed by atoms with Crippen LogP contribution in [0.25, 0.3) is 0 Å². The monoisotopic (exact) mass is 260 g/mol. The SMILES string of the molecule is O=Cc1cc(C=O)cc([B-]23CN(CCO2)CCO3)c1. The van der Waals surface area contributed by atoms with Gasteiger partial charge in [-0.25, -0.2) is 0 Å². The van der Waals surface area contributed by atoms with Gasteiger partial charge in [-0.3, -0.25) is 9.59 Å². The molecule has 19 heavy (non-hydrogen) atoms. The second-order valence-electron chi connectivity index (χ2n) is 5.08. The molecule has 2 aliphatic rings. The first-order valence-electron chi connectivity index (χ1n) is 6.48. The Morgan fingerprint density at radius 2 is 1.58 bits per heavy atom. The van der Waals surface area contributed by atoms with Crippen LogP contribution < -0.4 is 5.46 Å². The molecular formula is C13H15BNO4-. The summed E-state index contributed by atoms with van der Waals surface area (Å²) in [6, 6.07) is 5.09. The molecule has 0 saturated carbocycles. The van der Waals surface area contributed by atoms with Gasteiger partial charge >= 0.3 is 0 Å². The molecule has 100 valence electrons. The van der Waals surface area contributed by atoms with Crippen LogP contribution in [0.1, 0.15) is 20.7 Å². The van der Waals surface area contributed by atoms with Gasteiger partial charge in [0, 0.05) is 37.4 Å². The fraction of sp³-hybridized carbons (Fsp3) is 0.385. The maximum atomic E-state index is 11.0. The lowest BCUT2D eigenvalue weighted by atomic mass is 9.49. The minimum absolute atomic E-state index is 0.478. The summed E-state index contributed by atoms with van der Waals surface area (Å²) >= 11 is 0. The van der Waals surface area contributed by atoms with E-state index in [2.05, 4.69) is 4.90 Å². The standard InChI is InChI=1S/C13H15BNO4/c16-8-11-5-12(9-17)7-13(6-11)14-10-15(1-3-18-14)2-4-19-14/h5-9H,1-4,10H2/q-1. The van der Waals surface area contributed by atoms with Crippen molar-refractivity contribution in [3.63, 3.8) is 0 Å². The van der Waals surface area contributed by atoms with E-state index in [1.807, 2.05) is 0 Å². The van der Waals surface area contributed by atoms with Crippen LogP contribution >= 0.6 is 0 Å². The molecule has 3 rings (SSSR count). The molecule has 0 atom stereocenters. The normalized spacial score (nSPS) is 29.8. The molecule has 2 saturated heterocycles. The molecule has 2 fully saturated rings. The number of carbonyl (C=O) groups is 2. The predicted molar refractivity (Wildman–Crippen MR) is 70.9 cm³/mol. The third-order valence-electron chi connectivity index (χ3n) is 3.87. The number of nitrogens with zero attached hydrogens (tertiary/aromatic N) is 1. The van der Waals surface area contributed by atoms with Gasteiger partial charge in [0.1, 0.15) is 12.6 Å². The molecule has 1 aromatic rings. The van der Waals surface area contributed by atoms with Gasteiger partial charge < -0.3 is 14.2 Å². The number of rotatable bonds is 3. The Kier molecular flexibility index (Phi) is 3.22. The van der Waals surface area contributed by atoms with E-state index in [9.17, 15) is 9.59 Å². The van der Waals surface area contributed by atoms with Crippen molar-refractivity contribution in [3.05, 3.63) is 29.3 Å². The molecule has 0 unspecified atom stereocenters. The van der Waals surface area contributed by atoms with E-state index < -0.39 is 6.55 Å². The third-order valence-corrected chi connectivity index (χ3v) is 3.87. The number of hydrogen-bond acceptors (Lipinski definition) is 5. The van der Waals surface area contributed by atoms with E-state index in [1.54, 1.807) is 18.2 Å². The van der Waals surface area contributed by atoms with Crippen molar-refractivity contribution in [1.29, 1.82) is 0 Å². The van der Waals surface area contributed by atoms with E-state index in [-0.39, 0.29) is 0 Å². The highest BCUT2D eigenvalue weighted by atomic mass is 16.6. The summed E-state index contributed by atoms with van der Waals surface area (Å²) in [5, 5.41) is 0. The Labute approximate surface area is 111 Å². The molecule has 1 aromatic carbocycles. The lowest BCUT2D eigenvalue weighted by molar-refractivity contribution is 0.0556. The summed E-state index contributed by atoms with van der Waals surface area (Å²) in [6.07, 6.45) is 2.18. The van der Waals surface area contributed by atoms with Crippen molar-refractivity contribution in [1.82, 2.24) is 4.90 Å². The van der Waals surface area contributed by atoms with Crippen LogP contribution in [0.5, 0.6) is 0 Å². The summed E-state index contributed by atoms with van der Waals surface area (Å²) in [5.41, 5.74) is 1.76. The highest BCUT2D eigenvalue weighted by Gasteiger charge is 2.37. The van der Waals surface area contributed by atoms with Crippen LogP contribution in [0.15, 0.2) is 18.2 Å². The van der Waals surface area contributed by atoms with Crippen molar-refractivity contribution in [2.24, 2.45) is 0 Å². The molecular weight excluding hydrogens is 245 g/mol. The van der Waals surface area contributed by atoms with Crippen LogP contribution in [0.4, 0.5) is 0 Å². The van der Waals surface area contributed by atoms with E-state index in [4.69, 9.17) is 9.31 Å². The number of fused-ring (bicyclic) bond motifs is 2. The number of aldehydes is 2. The van der Waals surface area contributed by atoms with Crippen molar-refractivity contribution >= 4 is 24.6 Å². The Bertz CT molecular complexity index is 483. The number of benzene rings is 1. The van der Waals surface area contributed by atoms with Gasteiger partial charge in [-0.2, -0.15) is 5.46 Å². The van der Waals surface area contributed by atoms with Gasteiger partial charge in [0.05, 0.1) is 0 Å². The fourth-order valence-electron chi connectivity index (χ4n) is 2.92. The quantitative estimate of drug-likeness (QED) is 0.559. The lowest BCUT2D eigenvalue weighted by Crippen LogP contribution is -2.69. The Morgan fingerprint density at radius 1 is 1.00 bits per heavy atom. The topological polar surface area (TPSA) is 55.8 Å². The zero-order valence-electron chi connectivity index (χ0n) is 10.6. The number of hydrogen-bond donors (Lipinski definition) is 0. The van der Waals surface area contributed by atoms with E-state index in [1.165, 1.54) is 0 Å². The van der Waals surface area contributed by atoms with Crippen LogP contribution in [0.2, 0.25) is 0 Å². The molecule has 2 aliphatic heterocycles. The average molecular weight is 260 g/mol. The van der Waals surface area contributed by atoms with E-state index in [0.717, 1.165) is 31.1 Å². The fourth-order valence-corrected chi connectivity index (χ4v) is 2.92. The van der Waals surface area contributed by atoms with Gasteiger partial charge in [-0.1, -0.05) is 18.6 Å². The smallest absolute Gasteiger partial charge is 0.283 e. The van der Waals surface area contributed by atoms with Crippen molar-refractivity contribution in [3.8, 4) is 0 Å². The largest absolute Gasteiger partial charge is 0.563 e. The molecule has 0 aliphatic carbocycles. The maximum absolute atomic E-state index is 11.0. The minimum Gasteiger partial charge on any atom is -0.563 e. The number of carbonyl (C=O) groups excluding carboxylic acids is 2. The average Bonchev–Trinajstić information content (AvgIpc) is 2.46. The Hall–Kier alpha value is -1.50. The molecule has 0 spiro atoms. The van der Waals surface area contributed by atoms with Crippen LogP contribution in [-0.4, -0.2) is 56.8 Å². The zero-order chi connectivity index (χ0) is 13.3. The van der Waals surface area contributed by atoms with Gasteiger partial charge in [0.2, 0.25) is 0 Å². The zero-order valence-corrected chi connectivity index (χ0v) is 10.6. The molecule has 5 nitrogen and oxygen atoms in total. The molecule has 0 radical (unpaired) electrons. The molecule has 2 bridgehead atoms. The summed E-state index contributed by atoms with van der Waals surface area (Å²) in [6.45, 7) is 1.45. The van der Waals surface area contributed by atoms with Gasteiger partial charge in [0.25, 0.3) is 6.55 Å². The van der Waals surface area contributed by atoms with E-state index in [0.29, 0.717) is 30.8 Å². The predicted octanol–water partition coefficient (Wildman–Crippen LogP) is -0.138. The van der Waals surface area contributed by atoms with Crippen LogP contribution in [0.3, 0.4) is 0 Å². The van der Waals surface area contributed by atoms with Gasteiger partial charge in [-0.15, -0.1) is 0 Å². The summed E-state index contributed by atoms with van der Waals surface area (Å²) < 4.78 is 11.8. The molecule has 2 heterocycles. The summed E-state index contributed by atoms with van der Waals surface area (Å²) in [4.78, 5) is 24.3. The van der Waals surface area contributed by atoms with Crippen molar-refractivity contribution in [2.75, 3.05) is 32.7 Å². The van der Waals surface area contributed by atoms with Gasteiger partial charge in [0.15, 0.2) is 0 Å². The van der Waals surface area contributed by atoms with Crippen LogP contribution in [-0.2, 0) is 9.31 Å². The Balaban J connectivity index is 2.04.